The molecule has 2 aromatic carbocycles. The third-order valence-electron chi connectivity index (χ3n) is 5.27. The van der Waals surface area contributed by atoms with Gasteiger partial charge in [-0.3, -0.25) is 14.4 Å². The van der Waals surface area contributed by atoms with Gasteiger partial charge in [0.05, 0.1) is 10.9 Å². The Balaban J connectivity index is 1.86. The van der Waals surface area contributed by atoms with Crippen LogP contribution in [0.5, 0.6) is 0 Å². The highest BCUT2D eigenvalue weighted by molar-refractivity contribution is 5.88. The van der Waals surface area contributed by atoms with Crippen molar-refractivity contribution in [3.8, 4) is 0 Å². The molecular formula is C22H20N4O5. The summed E-state index contributed by atoms with van der Waals surface area (Å²) in [7, 11) is 0. The number of carboxylic acids is 1. The van der Waals surface area contributed by atoms with E-state index in [9.17, 15) is 24.3 Å². The summed E-state index contributed by atoms with van der Waals surface area (Å²) in [5.41, 5.74) is 0.557. The molecule has 0 fully saturated rings. The van der Waals surface area contributed by atoms with Crippen LogP contribution in [0.25, 0.3) is 21.8 Å². The van der Waals surface area contributed by atoms with Gasteiger partial charge in [0.2, 0.25) is 5.91 Å². The van der Waals surface area contributed by atoms with Gasteiger partial charge in [0.1, 0.15) is 12.1 Å². The molecule has 2 atom stereocenters. The number of nitrogens with zero attached hydrogens (tertiary/aromatic N) is 1. The van der Waals surface area contributed by atoms with Gasteiger partial charge < -0.3 is 20.4 Å². The van der Waals surface area contributed by atoms with E-state index in [1.54, 1.807) is 30.5 Å². The summed E-state index contributed by atoms with van der Waals surface area (Å²) in [6.07, 6.45) is 1.73. The number of rotatable bonds is 6. The van der Waals surface area contributed by atoms with Crippen LogP contribution in [-0.4, -0.2) is 37.6 Å². The lowest BCUT2D eigenvalue weighted by Crippen LogP contribution is -2.48. The third kappa shape index (κ3) is 3.73. The minimum atomic E-state index is -1.25. The zero-order valence-corrected chi connectivity index (χ0v) is 16.6. The number of aromatic nitrogens is 3. The van der Waals surface area contributed by atoms with E-state index >= 15 is 0 Å². The van der Waals surface area contributed by atoms with Crippen molar-refractivity contribution < 1.29 is 14.7 Å². The fraction of sp³-hybridized carbons (Fsp3) is 0.182. The predicted molar refractivity (Wildman–Crippen MR) is 115 cm³/mol. The summed E-state index contributed by atoms with van der Waals surface area (Å²) in [4.78, 5) is 56.0. The fourth-order valence-electron chi connectivity index (χ4n) is 3.64. The van der Waals surface area contributed by atoms with Gasteiger partial charge >= 0.3 is 11.7 Å². The van der Waals surface area contributed by atoms with Gasteiger partial charge in [-0.1, -0.05) is 30.3 Å². The van der Waals surface area contributed by atoms with E-state index in [1.807, 2.05) is 24.3 Å². The van der Waals surface area contributed by atoms with Gasteiger partial charge in [-0.05, 0) is 30.7 Å². The number of H-pyrrole nitrogens is 2. The highest BCUT2D eigenvalue weighted by Crippen LogP contribution is 2.22. The van der Waals surface area contributed by atoms with Crippen LogP contribution in [0.2, 0.25) is 0 Å². The zero-order valence-electron chi connectivity index (χ0n) is 16.6. The van der Waals surface area contributed by atoms with E-state index in [1.165, 1.54) is 6.92 Å². The Bertz CT molecular complexity index is 1410. The molecule has 31 heavy (non-hydrogen) atoms. The fourth-order valence-corrected chi connectivity index (χ4v) is 3.64. The largest absolute Gasteiger partial charge is 0.480 e. The monoisotopic (exact) mass is 420 g/mol. The number of fused-ring (bicyclic) bond motifs is 2. The van der Waals surface area contributed by atoms with Gasteiger partial charge in [-0.2, -0.15) is 0 Å². The number of hydrogen-bond acceptors (Lipinski definition) is 4. The first-order valence-corrected chi connectivity index (χ1v) is 9.68. The van der Waals surface area contributed by atoms with Crippen LogP contribution in [0.3, 0.4) is 0 Å². The van der Waals surface area contributed by atoms with E-state index in [0.717, 1.165) is 21.0 Å². The van der Waals surface area contributed by atoms with E-state index in [0.29, 0.717) is 5.52 Å². The van der Waals surface area contributed by atoms with Gasteiger partial charge in [-0.15, -0.1) is 0 Å². The minimum absolute atomic E-state index is 0.0174. The number of aliphatic carboxylic acids is 1. The van der Waals surface area contributed by atoms with Crippen molar-refractivity contribution in [2.24, 2.45) is 0 Å². The molecule has 2 aromatic heterocycles. The Morgan fingerprint density at radius 3 is 2.39 bits per heavy atom. The number of carbonyl (C=O) groups excluding carboxylic acids is 1. The molecule has 4 rings (SSSR count). The van der Waals surface area contributed by atoms with E-state index in [-0.39, 0.29) is 11.8 Å². The number of hydrogen-bond donors (Lipinski definition) is 4. The number of nitrogens with one attached hydrogen (secondary N) is 3. The molecule has 0 saturated carbocycles. The van der Waals surface area contributed by atoms with Crippen LogP contribution >= 0.6 is 0 Å². The van der Waals surface area contributed by atoms with Crippen molar-refractivity contribution >= 4 is 33.7 Å². The Kier molecular flexibility index (Phi) is 5.16. The van der Waals surface area contributed by atoms with E-state index < -0.39 is 35.2 Å². The average Bonchev–Trinajstić information content (AvgIpc) is 3.15. The van der Waals surface area contributed by atoms with Crippen molar-refractivity contribution in [3.05, 3.63) is 81.1 Å². The van der Waals surface area contributed by atoms with Crippen molar-refractivity contribution in [3.63, 3.8) is 0 Å². The maximum atomic E-state index is 13.1. The number of para-hydroxylation sites is 2. The number of aromatic amines is 2. The SMILES string of the molecule is C[C@@H](NC(=O)[C@H](Cc1c[nH]c2ccccc12)n1c(=O)[nH]c2ccccc2c1=O)C(=O)O. The highest BCUT2D eigenvalue weighted by Gasteiger charge is 2.28. The molecule has 0 saturated heterocycles. The molecule has 4 N–H and O–H groups in total. The van der Waals surface area contributed by atoms with Crippen molar-refractivity contribution in [1.82, 2.24) is 19.9 Å². The lowest BCUT2D eigenvalue weighted by atomic mass is 10.0. The van der Waals surface area contributed by atoms with E-state index in [4.69, 9.17) is 0 Å². The molecule has 0 aliphatic rings. The quantitative estimate of drug-likeness (QED) is 0.375. The Hall–Kier alpha value is -4.14. The van der Waals surface area contributed by atoms with Crippen LogP contribution in [0.4, 0.5) is 0 Å². The third-order valence-corrected chi connectivity index (χ3v) is 5.27. The molecule has 0 radical (unpaired) electrons. The summed E-state index contributed by atoms with van der Waals surface area (Å²) in [6.45, 7) is 1.32. The first kappa shape index (κ1) is 20.1. The summed E-state index contributed by atoms with van der Waals surface area (Å²) in [5.74, 6) is -1.96. The normalized spacial score (nSPS) is 13.2. The van der Waals surface area contributed by atoms with Crippen LogP contribution in [0.15, 0.2) is 64.3 Å². The lowest BCUT2D eigenvalue weighted by molar-refractivity contribution is -0.141. The second-order valence-corrected chi connectivity index (χ2v) is 7.30. The van der Waals surface area contributed by atoms with Gasteiger partial charge in [0, 0.05) is 23.5 Å². The van der Waals surface area contributed by atoms with Crippen molar-refractivity contribution in [1.29, 1.82) is 0 Å². The van der Waals surface area contributed by atoms with Crippen molar-refractivity contribution in [2.45, 2.75) is 25.4 Å². The van der Waals surface area contributed by atoms with Crippen molar-refractivity contribution in [2.75, 3.05) is 0 Å². The summed E-state index contributed by atoms with van der Waals surface area (Å²) >= 11 is 0. The van der Waals surface area contributed by atoms with Crippen LogP contribution in [-0.2, 0) is 16.0 Å². The zero-order chi connectivity index (χ0) is 22.1. The molecule has 1 amide bonds. The summed E-state index contributed by atoms with van der Waals surface area (Å²) in [6, 6.07) is 11.5. The second-order valence-electron chi connectivity index (χ2n) is 7.30. The lowest BCUT2D eigenvalue weighted by Gasteiger charge is -2.20. The average molecular weight is 420 g/mol. The minimum Gasteiger partial charge on any atom is -0.480 e. The second kappa shape index (κ2) is 7.94. The topological polar surface area (TPSA) is 137 Å². The summed E-state index contributed by atoms with van der Waals surface area (Å²) in [5, 5.41) is 12.7. The molecule has 0 bridgehead atoms. The molecule has 2 heterocycles. The molecule has 0 spiro atoms. The maximum absolute atomic E-state index is 13.1. The maximum Gasteiger partial charge on any atom is 0.329 e. The van der Waals surface area contributed by atoms with E-state index in [2.05, 4.69) is 15.3 Å². The Morgan fingerprint density at radius 1 is 1.03 bits per heavy atom. The first-order valence-electron chi connectivity index (χ1n) is 9.68. The summed E-state index contributed by atoms with van der Waals surface area (Å²) < 4.78 is 0.855. The Labute approximate surface area is 175 Å². The van der Waals surface area contributed by atoms with Crippen LogP contribution < -0.4 is 16.6 Å². The number of carbonyl (C=O) groups is 2. The molecule has 9 nitrogen and oxygen atoms in total. The van der Waals surface area contributed by atoms with Crippen LogP contribution in [0, 0.1) is 0 Å². The number of benzene rings is 2. The molecule has 0 aliphatic carbocycles. The van der Waals surface area contributed by atoms with Crippen LogP contribution in [0.1, 0.15) is 18.5 Å². The smallest absolute Gasteiger partial charge is 0.329 e. The number of amides is 1. The molecule has 4 aromatic rings. The van der Waals surface area contributed by atoms with Gasteiger partial charge in [0.15, 0.2) is 0 Å². The molecule has 0 unspecified atom stereocenters. The predicted octanol–water partition coefficient (Wildman–Crippen LogP) is 1.54. The first-order chi connectivity index (χ1) is 14.9. The highest BCUT2D eigenvalue weighted by atomic mass is 16.4. The van der Waals surface area contributed by atoms with Gasteiger partial charge in [-0.25, -0.2) is 9.36 Å². The molecule has 9 heteroatoms. The Morgan fingerprint density at radius 2 is 1.68 bits per heavy atom. The molecule has 0 aliphatic heterocycles. The molecule has 158 valence electrons. The number of carboxylic acid groups (broad SMARTS) is 1. The standard InChI is InChI=1S/C22H20N4O5/c1-12(21(29)30)24-19(27)18(10-13-11-23-16-8-4-2-6-14(13)16)26-20(28)15-7-3-5-9-17(15)25-22(26)31/h2-9,11-12,18,23H,10H2,1H3,(H,24,27)(H,25,31)(H,29,30)/t12-,18+/m1/s1. The van der Waals surface area contributed by atoms with Gasteiger partial charge in [0.25, 0.3) is 5.56 Å². The molecular weight excluding hydrogens is 400 g/mol.